The quantitative estimate of drug-likeness (QED) is 0.508. The minimum absolute atomic E-state index is 0.0909. The van der Waals surface area contributed by atoms with Gasteiger partial charge in [-0.2, -0.15) is 0 Å². The molecule has 0 aliphatic rings. The number of anilines is 2. The third kappa shape index (κ3) is 5.68. The van der Waals surface area contributed by atoms with Crippen molar-refractivity contribution >= 4 is 46.3 Å². The van der Waals surface area contributed by atoms with Gasteiger partial charge in [-0.3, -0.25) is 9.59 Å². The van der Waals surface area contributed by atoms with Gasteiger partial charge in [0.05, 0.1) is 17.8 Å². The fourth-order valence-corrected chi connectivity index (χ4v) is 4.18. The maximum Gasteiger partial charge on any atom is 0.231 e. The predicted molar refractivity (Wildman–Crippen MR) is 122 cm³/mol. The van der Waals surface area contributed by atoms with Crippen LogP contribution in [0.3, 0.4) is 0 Å². The van der Waals surface area contributed by atoms with E-state index in [2.05, 4.69) is 22.5 Å². The van der Waals surface area contributed by atoms with E-state index < -0.39 is 0 Å². The van der Waals surface area contributed by atoms with Crippen molar-refractivity contribution in [3.8, 4) is 11.3 Å². The van der Waals surface area contributed by atoms with Crippen LogP contribution in [0.1, 0.15) is 24.4 Å². The lowest BCUT2D eigenvalue weighted by Gasteiger charge is -2.09. The van der Waals surface area contributed by atoms with Gasteiger partial charge >= 0.3 is 0 Å². The van der Waals surface area contributed by atoms with Gasteiger partial charge in [-0.05, 0) is 42.5 Å². The molecule has 1 aromatic heterocycles. The third-order valence-corrected chi connectivity index (χ3v) is 5.96. The zero-order chi connectivity index (χ0) is 20.8. The van der Waals surface area contributed by atoms with Crippen LogP contribution in [0.15, 0.2) is 52.7 Å². The van der Waals surface area contributed by atoms with E-state index in [9.17, 15) is 9.59 Å². The van der Waals surface area contributed by atoms with Crippen LogP contribution in [0.5, 0.6) is 0 Å². The molecule has 0 aliphatic carbocycles. The lowest BCUT2D eigenvalue weighted by atomic mass is 10.1. The Morgan fingerprint density at radius 3 is 2.52 bits per heavy atom. The molecule has 1 heterocycles. The van der Waals surface area contributed by atoms with Gasteiger partial charge < -0.3 is 10.6 Å². The molecule has 0 atom stereocenters. The minimum atomic E-state index is -0.111. The van der Waals surface area contributed by atoms with Gasteiger partial charge in [-0.1, -0.05) is 25.1 Å². The van der Waals surface area contributed by atoms with Crippen molar-refractivity contribution < 1.29 is 9.59 Å². The average Bonchev–Trinajstić information content (AvgIpc) is 3.16. The van der Waals surface area contributed by atoms with Crippen LogP contribution >= 0.6 is 23.1 Å². The molecule has 29 heavy (non-hydrogen) atoms. The molecule has 0 radical (unpaired) electrons. The van der Waals surface area contributed by atoms with Gasteiger partial charge in [-0.25, -0.2) is 4.98 Å². The van der Waals surface area contributed by atoms with Crippen molar-refractivity contribution in [3.63, 3.8) is 0 Å². The summed E-state index contributed by atoms with van der Waals surface area (Å²) in [6.07, 6.45) is 3.16. The molecule has 0 aliphatic heterocycles. The Kier molecular flexibility index (Phi) is 7.06. The Balaban J connectivity index is 1.69. The van der Waals surface area contributed by atoms with E-state index in [-0.39, 0.29) is 18.2 Å². The van der Waals surface area contributed by atoms with Crippen molar-refractivity contribution in [2.75, 3.05) is 16.9 Å². The van der Waals surface area contributed by atoms with Crippen LogP contribution in [0.4, 0.5) is 11.4 Å². The molecule has 3 rings (SSSR count). The summed E-state index contributed by atoms with van der Waals surface area (Å²) in [7, 11) is 0. The second-order valence-electron chi connectivity index (χ2n) is 6.50. The smallest absolute Gasteiger partial charge is 0.231 e. The Morgan fingerprint density at radius 1 is 1.10 bits per heavy atom. The fraction of sp³-hybridized carbons (Fsp3) is 0.227. The third-order valence-electron chi connectivity index (χ3n) is 4.32. The number of thiazole rings is 1. The molecule has 0 unspecified atom stereocenters. The van der Waals surface area contributed by atoms with Crippen LogP contribution in [0.2, 0.25) is 0 Å². The molecule has 0 spiro atoms. The number of rotatable bonds is 7. The molecule has 7 heteroatoms. The van der Waals surface area contributed by atoms with Gasteiger partial charge in [0.15, 0.2) is 0 Å². The van der Waals surface area contributed by atoms with E-state index in [4.69, 9.17) is 0 Å². The van der Waals surface area contributed by atoms with E-state index in [1.165, 1.54) is 23.8 Å². The highest BCUT2D eigenvalue weighted by atomic mass is 32.2. The number of hydrogen-bond acceptors (Lipinski definition) is 5. The summed E-state index contributed by atoms with van der Waals surface area (Å²) < 4.78 is 0. The summed E-state index contributed by atoms with van der Waals surface area (Å²) in [5, 5.41) is 8.46. The van der Waals surface area contributed by atoms with E-state index in [1.807, 2.05) is 54.1 Å². The summed E-state index contributed by atoms with van der Waals surface area (Å²) in [4.78, 5) is 29.4. The van der Waals surface area contributed by atoms with Crippen molar-refractivity contribution in [1.82, 2.24) is 4.98 Å². The molecule has 2 aromatic carbocycles. The Morgan fingerprint density at radius 2 is 1.86 bits per heavy atom. The predicted octanol–water partition coefficient (Wildman–Crippen LogP) is 5.23. The molecule has 0 saturated heterocycles. The number of thioether (sulfide) groups is 1. The number of nitrogens with zero attached hydrogens (tertiary/aromatic N) is 1. The highest BCUT2D eigenvalue weighted by molar-refractivity contribution is 7.98. The number of benzene rings is 2. The van der Waals surface area contributed by atoms with E-state index in [1.54, 1.807) is 11.8 Å². The normalized spacial score (nSPS) is 10.6. The van der Waals surface area contributed by atoms with Crippen molar-refractivity contribution in [3.05, 3.63) is 58.4 Å². The number of amides is 2. The summed E-state index contributed by atoms with van der Waals surface area (Å²) >= 11 is 3.03. The number of carbonyl (C=O) groups excluding carboxylic acids is 2. The maximum atomic E-state index is 12.3. The molecule has 0 fully saturated rings. The van der Waals surface area contributed by atoms with Crippen LogP contribution in [0.25, 0.3) is 11.3 Å². The van der Waals surface area contributed by atoms with Gasteiger partial charge in [0, 0.05) is 28.5 Å². The monoisotopic (exact) mass is 425 g/mol. The molecule has 150 valence electrons. The van der Waals surface area contributed by atoms with Crippen LogP contribution < -0.4 is 10.6 Å². The average molecular weight is 426 g/mol. The van der Waals surface area contributed by atoms with Crippen LogP contribution in [-0.2, 0) is 22.4 Å². The van der Waals surface area contributed by atoms with Crippen molar-refractivity contribution in [2.45, 2.75) is 31.6 Å². The van der Waals surface area contributed by atoms with Gasteiger partial charge in [0.1, 0.15) is 5.01 Å². The Labute approximate surface area is 179 Å². The number of aromatic nitrogens is 1. The first kappa shape index (κ1) is 21.1. The highest BCUT2D eigenvalue weighted by Gasteiger charge is 2.12. The molecule has 0 bridgehead atoms. The molecule has 2 amide bonds. The molecule has 3 aromatic rings. The van der Waals surface area contributed by atoms with Crippen LogP contribution in [-0.4, -0.2) is 23.1 Å². The Hall–Kier alpha value is -2.64. The number of nitrogens with one attached hydrogen (secondary N) is 2. The Bertz CT molecular complexity index is 1010. The van der Waals surface area contributed by atoms with Crippen molar-refractivity contribution in [2.24, 2.45) is 0 Å². The fourth-order valence-electron chi connectivity index (χ4n) is 2.85. The van der Waals surface area contributed by atoms with E-state index >= 15 is 0 Å². The molecular formula is C22H23N3O2S2. The first-order chi connectivity index (χ1) is 14.0. The first-order valence-electron chi connectivity index (χ1n) is 9.27. The van der Waals surface area contributed by atoms with Gasteiger partial charge in [0.2, 0.25) is 11.8 Å². The van der Waals surface area contributed by atoms with Crippen LogP contribution in [0, 0.1) is 0 Å². The van der Waals surface area contributed by atoms with E-state index in [0.29, 0.717) is 0 Å². The minimum Gasteiger partial charge on any atom is -0.326 e. The second kappa shape index (κ2) is 9.71. The zero-order valence-electron chi connectivity index (χ0n) is 16.6. The maximum absolute atomic E-state index is 12.3. The van der Waals surface area contributed by atoms with Crippen molar-refractivity contribution in [1.29, 1.82) is 0 Å². The van der Waals surface area contributed by atoms with Gasteiger partial charge in [-0.15, -0.1) is 23.1 Å². The van der Waals surface area contributed by atoms with E-state index in [0.717, 1.165) is 39.0 Å². The topological polar surface area (TPSA) is 71.1 Å². The molecule has 2 N–H and O–H groups in total. The number of hydrogen-bond donors (Lipinski definition) is 2. The second-order valence-corrected chi connectivity index (χ2v) is 8.29. The summed E-state index contributed by atoms with van der Waals surface area (Å²) in [6.45, 7) is 3.59. The standard InChI is InChI=1S/C22H23N3O2S2/c1-4-15-5-8-17(9-6-15)24-21(27)12-22-25-19(13-29-22)16-7-10-20(28-3)18(11-16)23-14(2)26/h5-11,13H,4,12H2,1-3H3,(H,23,26)(H,24,27). The number of carbonyl (C=O) groups is 2. The van der Waals surface area contributed by atoms with Gasteiger partial charge in [0.25, 0.3) is 0 Å². The summed E-state index contributed by atoms with van der Waals surface area (Å²) in [5.74, 6) is -0.202. The zero-order valence-corrected chi connectivity index (χ0v) is 18.2. The summed E-state index contributed by atoms with van der Waals surface area (Å²) in [5.41, 5.74) is 4.49. The largest absolute Gasteiger partial charge is 0.326 e. The molecule has 0 saturated carbocycles. The molecule has 5 nitrogen and oxygen atoms in total. The SMILES string of the molecule is CCc1ccc(NC(=O)Cc2nc(-c3ccc(SC)c(NC(C)=O)c3)cs2)cc1. The lowest BCUT2D eigenvalue weighted by Crippen LogP contribution is -2.14. The summed E-state index contributed by atoms with van der Waals surface area (Å²) in [6, 6.07) is 13.7. The lowest BCUT2D eigenvalue weighted by molar-refractivity contribution is -0.116. The molecular weight excluding hydrogens is 402 g/mol. The highest BCUT2D eigenvalue weighted by Crippen LogP contribution is 2.31. The first-order valence-corrected chi connectivity index (χ1v) is 11.4. The number of aryl methyl sites for hydroxylation is 1.